The van der Waals surface area contributed by atoms with E-state index in [4.69, 9.17) is 9.47 Å². The molecule has 0 saturated heterocycles. The Morgan fingerprint density at radius 2 is 2.40 bits per heavy atom. The second kappa shape index (κ2) is 5.06. The number of hydrogen-bond donors (Lipinski definition) is 1. The van der Waals surface area contributed by atoms with Crippen LogP contribution in [0, 0.1) is 4.91 Å². The number of hydrogen-bond acceptors (Lipinski definition) is 5. The fourth-order valence-corrected chi connectivity index (χ4v) is 1.70. The molecule has 2 unspecified atom stereocenters. The van der Waals surface area contributed by atoms with Crippen LogP contribution in [0.4, 0.5) is 4.79 Å². The van der Waals surface area contributed by atoms with Crippen LogP contribution in [0.15, 0.2) is 5.29 Å². The van der Waals surface area contributed by atoms with Crippen molar-refractivity contribution in [1.29, 1.82) is 0 Å². The normalized spacial score (nSPS) is 28.3. The van der Waals surface area contributed by atoms with Crippen molar-refractivity contribution in [3.63, 3.8) is 0 Å². The van der Waals surface area contributed by atoms with Crippen molar-refractivity contribution in [1.82, 2.24) is 5.43 Å². The number of amides is 1. The zero-order chi connectivity index (χ0) is 11.3. The van der Waals surface area contributed by atoms with E-state index in [9.17, 15) is 9.70 Å². The molecule has 6 nitrogen and oxygen atoms in total. The van der Waals surface area contributed by atoms with Crippen molar-refractivity contribution in [3.8, 4) is 0 Å². The van der Waals surface area contributed by atoms with Crippen molar-refractivity contribution in [2.24, 2.45) is 5.29 Å². The molecule has 0 aromatic heterocycles. The van der Waals surface area contributed by atoms with Gasteiger partial charge in [0.05, 0.1) is 5.29 Å². The van der Waals surface area contributed by atoms with Crippen LogP contribution in [-0.4, -0.2) is 24.9 Å². The first-order chi connectivity index (χ1) is 7.18. The van der Waals surface area contributed by atoms with Crippen molar-refractivity contribution in [3.05, 3.63) is 4.91 Å². The van der Waals surface area contributed by atoms with Gasteiger partial charge in [-0.25, -0.2) is 4.79 Å². The molecule has 0 aromatic rings. The van der Waals surface area contributed by atoms with Crippen LogP contribution in [0.25, 0.3) is 0 Å². The first-order valence-corrected chi connectivity index (χ1v) is 5.02. The number of rotatable bonds is 6. The molecule has 1 aliphatic rings. The molecule has 1 saturated carbocycles. The lowest BCUT2D eigenvalue weighted by molar-refractivity contribution is 0.0280. The molecular formula is C9H16N2O4. The van der Waals surface area contributed by atoms with Gasteiger partial charge in [-0.1, -0.05) is 13.3 Å². The second-order valence-corrected chi connectivity index (χ2v) is 3.69. The molecule has 0 radical (unpaired) electrons. The number of nitrogens with zero attached hydrogens (tertiary/aromatic N) is 1. The monoisotopic (exact) mass is 216 g/mol. The molecule has 0 aromatic carbocycles. The fraction of sp³-hybridized carbons (Fsp3) is 0.889. The molecule has 1 aliphatic carbocycles. The molecule has 6 heteroatoms. The first kappa shape index (κ1) is 11.9. The summed E-state index contributed by atoms with van der Waals surface area (Å²) in [6.45, 7) is 2.06. The third kappa shape index (κ3) is 2.89. The minimum absolute atomic E-state index is 0.0542. The molecule has 1 fully saturated rings. The summed E-state index contributed by atoms with van der Waals surface area (Å²) in [4.78, 5) is 20.8. The minimum atomic E-state index is -0.805. The number of nitrogens with one attached hydrogen (secondary N) is 1. The lowest BCUT2D eigenvalue weighted by Crippen LogP contribution is -2.29. The second-order valence-electron chi connectivity index (χ2n) is 3.69. The maximum Gasteiger partial charge on any atom is 0.431 e. The van der Waals surface area contributed by atoms with Crippen molar-refractivity contribution in [2.75, 3.05) is 7.11 Å². The molecule has 0 spiro atoms. The summed E-state index contributed by atoms with van der Waals surface area (Å²) in [5.41, 5.74) is 1.17. The number of methoxy groups -OCH3 is 1. The van der Waals surface area contributed by atoms with Gasteiger partial charge in [0.15, 0.2) is 0 Å². The first-order valence-electron chi connectivity index (χ1n) is 5.02. The molecule has 86 valence electrons. The highest BCUT2D eigenvalue weighted by Gasteiger charge is 2.58. The van der Waals surface area contributed by atoms with Crippen LogP contribution in [0.2, 0.25) is 0 Å². The standard InChI is InChI=1S/C9H16N2O4/c1-3-4-5-9(6-7(9)14-2)15-8(12)10-11-13/h7H,3-6H2,1-2H3,(H,10,12,13). The Bertz CT molecular complexity index is 246. The minimum Gasteiger partial charge on any atom is -0.439 e. The Morgan fingerprint density at radius 3 is 2.87 bits per heavy atom. The average molecular weight is 216 g/mol. The van der Waals surface area contributed by atoms with E-state index >= 15 is 0 Å². The quantitative estimate of drug-likeness (QED) is 0.542. The van der Waals surface area contributed by atoms with Gasteiger partial charge in [-0.05, 0) is 12.8 Å². The summed E-state index contributed by atoms with van der Waals surface area (Å²) in [7, 11) is 1.58. The number of carbonyl (C=O) groups is 1. The molecule has 1 amide bonds. The van der Waals surface area contributed by atoms with E-state index in [1.54, 1.807) is 12.5 Å². The van der Waals surface area contributed by atoms with Crippen LogP contribution < -0.4 is 5.43 Å². The third-order valence-electron chi connectivity index (χ3n) is 2.63. The van der Waals surface area contributed by atoms with Gasteiger partial charge >= 0.3 is 6.09 Å². The summed E-state index contributed by atoms with van der Waals surface area (Å²) in [5.74, 6) is 0. The number of nitroso groups, excluding NO2 is 1. The van der Waals surface area contributed by atoms with Gasteiger partial charge in [-0.3, -0.25) is 0 Å². The Morgan fingerprint density at radius 1 is 1.67 bits per heavy atom. The molecule has 2 atom stereocenters. The van der Waals surface area contributed by atoms with Gasteiger partial charge < -0.3 is 9.47 Å². The number of ether oxygens (including phenoxy) is 2. The number of carbonyl (C=O) groups excluding carboxylic acids is 1. The average Bonchev–Trinajstić information content (AvgIpc) is 2.89. The summed E-state index contributed by atoms with van der Waals surface area (Å²) in [6, 6.07) is 0. The van der Waals surface area contributed by atoms with E-state index < -0.39 is 11.7 Å². The fourth-order valence-electron chi connectivity index (χ4n) is 1.70. The van der Waals surface area contributed by atoms with Gasteiger partial charge in [0.1, 0.15) is 11.7 Å². The van der Waals surface area contributed by atoms with Gasteiger partial charge in [-0.2, -0.15) is 5.43 Å². The largest absolute Gasteiger partial charge is 0.439 e. The topological polar surface area (TPSA) is 77.0 Å². The zero-order valence-corrected chi connectivity index (χ0v) is 8.99. The summed E-state index contributed by atoms with van der Waals surface area (Å²) >= 11 is 0. The van der Waals surface area contributed by atoms with E-state index in [0.717, 1.165) is 19.3 Å². The van der Waals surface area contributed by atoms with E-state index in [1.165, 1.54) is 0 Å². The molecule has 1 N–H and O–H groups in total. The van der Waals surface area contributed by atoms with Crippen LogP contribution >= 0.6 is 0 Å². The number of unbranched alkanes of at least 4 members (excludes halogenated alkanes) is 1. The predicted octanol–water partition coefficient (Wildman–Crippen LogP) is 1.74. The lowest BCUT2D eigenvalue weighted by Gasteiger charge is -2.16. The van der Waals surface area contributed by atoms with Crippen molar-refractivity contribution in [2.45, 2.75) is 44.3 Å². The van der Waals surface area contributed by atoms with E-state index in [2.05, 4.69) is 12.2 Å². The summed E-state index contributed by atoms with van der Waals surface area (Å²) in [6.07, 6.45) is 2.57. The Balaban J connectivity index is 2.44. The van der Waals surface area contributed by atoms with Crippen LogP contribution in [0.3, 0.4) is 0 Å². The van der Waals surface area contributed by atoms with Crippen LogP contribution in [0.5, 0.6) is 0 Å². The van der Waals surface area contributed by atoms with Gasteiger partial charge in [0.2, 0.25) is 0 Å². The molecule has 0 bridgehead atoms. The molecule has 0 aliphatic heterocycles. The van der Waals surface area contributed by atoms with Crippen molar-refractivity contribution < 1.29 is 14.3 Å². The summed E-state index contributed by atoms with van der Waals surface area (Å²) < 4.78 is 10.3. The van der Waals surface area contributed by atoms with Gasteiger partial charge in [0, 0.05) is 13.5 Å². The highest BCUT2D eigenvalue weighted by molar-refractivity contribution is 5.67. The lowest BCUT2D eigenvalue weighted by atomic mass is 10.1. The molecular weight excluding hydrogens is 200 g/mol. The van der Waals surface area contributed by atoms with E-state index in [-0.39, 0.29) is 6.10 Å². The maximum absolute atomic E-state index is 11.0. The maximum atomic E-state index is 11.0. The van der Waals surface area contributed by atoms with Crippen molar-refractivity contribution >= 4 is 6.09 Å². The zero-order valence-electron chi connectivity index (χ0n) is 8.99. The SMILES string of the molecule is CCCCC1(OC(=O)NN=O)CC1OC. The summed E-state index contributed by atoms with van der Waals surface area (Å²) in [5, 5.41) is 2.26. The van der Waals surface area contributed by atoms with Gasteiger partial charge in [0.25, 0.3) is 0 Å². The van der Waals surface area contributed by atoms with E-state index in [1.807, 2.05) is 0 Å². The van der Waals surface area contributed by atoms with Crippen LogP contribution in [0.1, 0.15) is 32.6 Å². The van der Waals surface area contributed by atoms with E-state index in [0.29, 0.717) is 6.42 Å². The highest BCUT2D eigenvalue weighted by atomic mass is 16.6. The van der Waals surface area contributed by atoms with Crippen LogP contribution in [-0.2, 0) is 9.47 Å². The highest BCUT2D eigenvalue weighted by Crippen LogP contribution is 2.46. The molecule has 15 heavy (non-hydrogen) atoms. The third-order valence-corrected chi connectivity index (χ3v) is 2.63. The Labute approximate surface area is 88.3 Å². The molecule has 1 rings (SSSR count). The Kier molecular flexibility index (Phi) is 4.02. The predicted molar refractivity (Wildman–Crippen MR) is 53.1 cm³/mol. The smallest absolute Gasteiger partial charge is 0.431 e. The molecule has 0 heterocycles. The van der Waals surface area contributed by atoms with Gasteiger partial charge in [-0.15, -0.1) is 4.91 Å². The Hall–Kier alpha value is -1.17.